The molecule has 0 spiro atoms. The van der Waals surface area contributed by atoms with Gasteiger partial charge in [-0.1, -0.05) is 19.9 Å². The van der Waals surface area contributed by atoms with Crippen molar-refractivity contribution >= 4 is 6.09 Å². The maximum Gasteiger partial charge on any atom is 0.407 e. The molecule has 1 aromatic rings. The van der Waals surface area contributed by atoms with E-state index in [-0.39, 0.29) is 17.2 Å². The smallest absolute Gasteiger partial charge is 0.407 e. The zero-order chi connectivity index (χ0) is 13.3. The highest BCUT2D eigenvalue weighted by atomic mass is 19.1. The molecule has 1 atom stereocenters. The molecule has 0 unspecified atom stereocenters. The first-order valence-corrected chi connectivity index (χ1v) is 5.71. The zero-order valence-electron chi connectivity index (χ0n) is 10.6. The van der Waals surface area contributed by atoms with Crippen molar-refractivity contribution in [3.05, 3.63) is 29.6 Å². The average molecular weight is 253 g/mol. The number of benzene rings is 1. The molecule has 1 saturated heterocycles. The summed E-state index contributed by atoms with van der Waals surface area (Å²) in [5.41, 5.74) is 0.534. The first-order chi connectivity index (χ1) is 8.44. The predicted molar refractivity (Wildman–Crippen MR) is 64.0 cm³/mol. The van der Waals surface area contributed by atoms with Crippen LogP contribution in [0.25, 0.3) is 0 Å². The molecule has 1 aromatic carbocycles. The van der Waals surface area contributed by atoms with Crippen molar-refractivity contribution in [2.75, 3.05) is 13.7 Å². The quantitative estimate of drug-likeness (QED) is 0.881. The molecule has 0 radical (unpaired) electrons. The maximum absolute atomic E-state index is 13.4. The Labute approximate surface area is 105 Å². The minimum atomic E-state index is -0.456. The molecule has 98 valence electrons. The van der Waals surface area contributed by atoms with E-state index in [2.05, 4.69) is 5.32 Å². The topological polar surface area (TPSA) is 47.6 Å². The van der Waals surface area contributed by atoms with Gasteiger partial charge in [0.05, 0.1) is 13.2 Å². The first-order valence-electron chi connectivity index (χ1n) is 5.71. The molecular weight excluding hydrogens is 237 g/mol. The molecule has 0 bridgehead atoms. The van der Waals surface area contributed by atoms with Crippen LogP contribution in [0.5, 0.6) is 5.75 Å². The van der Waals surface area contributed by atoms with E-state index in [1.807, 2.05) is 13.8 Å². The van der Waals surface area contributed by atoms with Crippen molar-refractivity contribution in [1.29, 1.82) is 0 Å². The van der Waals surface area contributed by atoms with Crippen LogP contribution in [0.2, 0.25) is 0 Å². The van der Waals surface area contributed by atoms with Crippen LogP contribution in [-0.2, 0) is 4.74 Å². The molecule has 4 nitrogen and oxygen atoms in total. The molecule has 1 amide bonds. The molecule has 2 rings (SSSR count). The van der Waals surface area contributed by atoms with Crippen molar-refractivity contribution in [3.8, 4) is 5.75 Å². The van der Waals surface area contributed by atoms with Gasteiger partial charge in [-0.05, 0) is 17.7 Å². The number of rotatable bonds is 2. The zero-order valence-corrected chi connectivity index (χ0v) is 10.6. The SMILES string of the molecule is COc1cc([C@H]2NC(=O)OCC2(C)C)ccc1F. The molecule has 1 heterocycles. The van der Waals surface area contributed by atoms with E-state index in [1.165, 1.54) is 13.2 Å². The second-order valence-corrected chi connectivity index (χ2v) is 5.04. The molecule has 1 aliphatic rings. The molecule has 0 aromatic heterocycles. The Morgan fingerprint density at radius 2 is 2.22 bits per heavy atom. The largest absolute Gasteiger partial charge is 0.494 e. The van der Waals surface area contributed by atoms with Gasteiger partial charge in [0.2, 0.25) is 0 Å². The fraction of sp³-hybridized carbons (Fsp3) is 0.462. The number of amides is 1. The van der Waals surface area contributed by atoms with E-state index in [4.69, 9.17) is 9.47 Å². The fourth-order valence-electron chi connectivity index (χ4n) is 2.08. The van der Waals surface area contributed by atoms with Crippen molar-refractivity contribution in [3.63, 3.8) is 0 Å². The Hall–Kier alpha value is -1.78. The highest BCUT2D eigenvalue weighted by Gasteiger charge is 2.38. The Bertz CT molecular complexity index is 473. The monoisotopic (exact) mass is 253 g/mol. The average Bonchev–Trinajstić information content (AvgIpc) is 2.33. The van der Waals surface area contributed by atoms with Gasteiger partial charge in [-0.25, -0.2) is 9.18 Å². The third kappa shape index (κ3) is 2.25. The number of methoxy groups -OCH3 is 1. The molecule has 1 aliphatic heterocycles. The van der Waals surface area contributed by atoms with E-state index < -0.39 is 11.9 Å². The second kappa shape index (κ2) is 4.48. The minimum Gasteiger partial charge on any atom is -0.494 e. The molecule has 5 heteroatoms. The van der Waals surface area contributed by atoms with Gasteiger partial charge >= 0.3 is 6.09 Å². The van der Waals surface area contributed by atoms with Gasteiger partial charge in [0.15, 0.2) is 11.6 Å². The number of alkyl carbamates (subject to hydrolysis) is 1. The molecule has 1 fully saturated rings. The van der Waals surface area contributed by atoms with Crippen molar-refractivity contribution in [1.82, 2.24) is 5.32 Å². The highest BCUT2D eigenvalue weighted by Crippen LogP contribution is 2.37. The lowest BCUT2D eigenvalue weighted by molar-refractivity contribution is 0.0386. The van der Waals surface area contributed by atoms with Crippen molar-refractivity contribution in [2.24, 2.45) is 5.41 Å². The molecule has 1 N–H and O–H groups in total. The third-order valence-electron chi connectivity index (χ3n) is 3.13. The number of cyclic esters (lactones) is 1. The van der Waals surface area contributed by atoms with Gasteiger partial charge in [0, 0.05) is 5.41 Å². The standard InChI is InChI=1S/C13H16FNO3/c1-13(2)7-18-12(16)15-11(13)8-4-5-9(14)10(6-8)17-3/h4-6,11H,7H2,1-3H3,(H,15,16)/t11-/m1/s1. The lowest BCUT2D eigenvalue weighted by atomic mass is 9.80. The van der Waals surface area contributed by atoms with Crippen LogP contribution in [-0.4, -0.2) is 19.8 Å². The van der Waals surface area contributed by atoms with Crippen LogP contribution in [0.1, 0.15) is 25.5 Å². The fourth-order valence-corrected chi connectivity index (χ4v) is 2.08. The number of nitrogens with one attached hydrogen (secondary N) is 1. The predicted octanol–water partition coefficient (Wildman–Crippen LogP) is 2.64. The van der Waals surface area contributed by atoms with E-state index in [9.17, 15) is 9.18 Å². The number of hydrogen-bond acceptors (Lipinski definition) is 3. The third-order valence-corrected chi connectivity index (χ3v) is 3.13. The highest BCUT2D eigenvalue weighted by molar-refractivity contribution is 5.69. The molecule has 18 heavy (non-hydrogen) atoms. The summed E-state index contributed by atoms with van der Waals surface area (Å²) in [6, 6.07) is 4.36. The summed E-state index contributed by atoms with van der Waals surface area (Å²) in [6.45, 7) is 4.28. The Morgan fingerprint density at radius 1 is 1.50 bits per heavy atom. The van der Waals surface area contributed by atoms with Crippen LogP contribution in [0.4, 0.5) is 9.18 Å². The van der Waals surface area contributed by atoms with Crippen molar-refractivity contribution in [2.45, 2.75) is 19.9 Å². The van der Waals surface area contributed by atoms with E-state index in [0.29, 0.717) is 6.61 Å². The number of carbonyl (C=O) groups excluding carboxylic acids is 1. The van der Waals surface area contributed by atoms with Crippen LogP contribution < -0.4 is 10.1 Å². The summed E-state index contributed by atoms with van der Waals surface area (Å²) in [5, 5.41) is 2.75. The van der Waals surface area contributed by atoms with Crippen LogP contribution in [0.15, 0.2) is 18.2 Å². The molecule has 0 saturated carbocycles. The van der Waals surface area contributed by atoms with Gasteiger partial charge in [0.25, 0.3) is 0 Å². The summed E-state index contributed by atoms with van der Waals surface area (Å²) in [6.07, 6.45) is -0.456. The van der Waals surface area contributed by atoms with Gasteiger partial charge in [0.1, 0.15) is 6.61 Å². The normalized spacial score (nSPS) is 22.0. The first kappa shape index (κ1) is 12.7. The lowest BCUT2D eigenvalue weighted by Gasteiger charge is -2.38. The summed E-state index contributed by atoms with van der Waals surface area (Å²) >= 11 is 0. The summed E-state index contributed by atoms with van der Waals surface area (Å²) in [7, 11) is 1.41. The van der Waals surface area contributed by atoms with Gasteiger partial charge in [-0.2, -0.15) is 0 Å². The maximum atomic E-state index is 13.4. The number of ether oxygens (including phenoxy) is 2. The van der Waals surface area contributed by atoms with E-state index in [1.54, 1.807) is 12.1 Å². The van der Waals surface area contributed by atoms with E-state index >= 15 is 0 Å². The molecule has 0 aliphatic carbocycles. The number of hydrogen-bond donors (Lipinski definition) is 1. The van der Waals surface area contributed by atoms with E-state index in [0.717, 1.165) is 5.56 Å². The van der Waals surface area contributed by atoms with Crippen LogP contribution in [0.3, 0.4) is 0 Å². The Morgan fingerprint density at radius 3 is 2.89 bits per heavy atom. The Balaban J connectivity index is 2.37. The van der Waals surface area contributed by atoms with Gasteiger partial charge in [-0.15, -0.1) is 0 Å². The summed E-state index contributed by atoms with van der Waals surface area (Å²) in [5.74, 6) is -0.249. The summed E-state index contributed by atoms with van der Waals surface area (Å²) in [4.78, 5) is 11.3. The van der Waals surface area contributed by atoms with Crippen molar-refractivity contribution < 1.29 is 18.7 Å². The molecular formula is C13H16FNO3. The minimum absolute atomic E-state index is 0.170. The van der Waals surface area contributed by atoms with Crippen LogP contribution in [0, 0.1) is 11.2 Å². The number of halogens is 1. The van der Waals surface area contributed by atoms with Gasteiger partial charge < -0.3 is 14.8 Å². The van der Waals surface area contributed by atoms with Crippen LogP contribution >= 0.6 is 0 Å². The Kier molecular flexibility index (Phi) is 3.15. The number of carbonyl (C=O) groups is 1. The van der Waals surface area contributed by atoms with Gasteiger partial charge in [-0.3, -0.25) is 0 Å². The summed E-state index contributed by atoms with van der Waals surface area (Å²) < 4.78 is 23.3. The second-order valence-electron chi connectivity index (χ2n) is 5.04. The lowest BCUT2D eigenvalue weighted by Crippen LogP contribution is -2.46.